The van der Waals surface area contributed by atoms with E-state index in [-0.39, 0.29) is 18.2 Å². The quantitative estimate of drug-likeness (QED) is 0.675. The molecule has 0 radical (unpaired) electrons. The van der Waals surface area contributed by atoms with E-state index in [2.05, 4.69) is 27.9 Å². The first-order valence-corrected chi connectivity index (χ1v) is 7.34. The van der Waals surface area contributed by atoms with Crippen LogP contribution in [0.4, 0.5) is 5.82 Å². The van der Waals surface area contributed by atoms with Gasteiger partial charge < -0.3 is 16.0 Å². The van der Waals surface area contributed by atoms with Gasteiger partial charge in [-0.3, -0.25) is 9.59 Å². The van der Waals surface area contributed by atoms with Crippen LogP contribution in [-0.4, -0.2) is 36.9 Å². The summed E-state index contributed by atoms with van der Waals surface area (Å²) in [5, 5.41) is 8.45. The Balaban J connectivity index is 2.70. The van der Waals surface area contributed by atoms with E-state index < -0.39 is 0 Å². The SMILES string of the molecule is CCCNc1cc(C(=O)NCCC(=O)NC)cc(CC)n1. The summed E-state index contributed by atoms with van der Waals surface area (Å²) in [6, 6.07) is 3.52. The molecule has 0 bridgehead atoms. The number of hydrogen-bond donors (Lipinski definition) is 3. The Hall–Kier alpha value is -2.11. The molecular weight excluding hydrogens is 268 g/mol. The van der Waals surface area contributed by atoms with Gasteiger partial charge in [0, 0.05) is 37.8 Å². The minimum atomic E-state index is -0.185. The van der Waals surface area contributed by atoms with E-state index in [1.54, 1.807) is 19.2 Å². The van der Waals surface area contributed by atoms with Crippen LogP contribution in [0.3, 0.4) is 0 Å². The molecule has 0 atom stereocenters. The predicted octanol–water partition coefficient (Wildman–Crippen LogP) is 1.33. The fraction of sp³-hybridized carbons (Fsp3) is 0.533. The number of aryl methyl sites for hydroxylation is 1. The Morgan fingerprint density at radius 2 is 1.95 bits per heavy atom. The van der Waals surface area contributed by atoms with Crippen molar-refractivity contribution in [2.75, 3.05) is 25.5 Å². The van der Waals surface area contributed by atoms with Crippen LogP contribution in [0.2, 0.25) is 0 Å². The summed E-state index contributed by atoms with van der Waals surface area (Å²) in [5.74, 6) is 0.438. The normalized spacial score (nSPS) is 10.0. The molecule has 21 heavy (non-hydrogen) atoms. The van der Waals surface area contributed by atoms with Crippen molar-refractivity contribution >= 4 is 17.6 Å². The van der Waals surface area contributed by atoms with Crippen molar-refractivity contribution in [3.8, 4) is 0 Å². The highest BCUT2D eigenvalue weighted by molar-refractivity contribution is 5.95. The van der Waals surface area contributed by atoms with Gasteiger partial charge in [0.2, 0.25) is 5.91 Å². The van der Waals surface area contributed by atoms with Crippen LogP contribution in [-0.2, 0) is 11.2 Å². The van der Waals surface area contributed by atoms with Gasteiger partial charge in [-0.15, -0.1) is 0 Å². The first kappa shape index (κ1) is 16.9. The van der Waals surface area contributed by atoms with Crippen molar-refractivity contribution < 1.29 is 9.59 Å². The highest BCUT2D eigenvalue weighted by Gasteiger charge is 2.09. The zero-order valence-electron chi connectivity index (χ0n) is 13.0. The summed E-state index contributed by atoms with van der Waals surface area (Å²) >= 11 is 0. The van der Waals surface area contributed by atoms with Crippen molar-refractivity contribution in [3.63, 3.8) is 0 Å². The summed E-state index contributed by atoms with van der Waals surface area (Å²) in [7, 11) is 1.58. The number of aromatic nitrogens is 1. The van der Waals surface area contributed by atoms with E-state index in [9.17, 15) is 9.59 Å². The van der Waals surface area contributed by atoms with Gasteiger partial charge in [-0.2, -0.15) is 0 Å². The molecule has 0 aliphatic carbocycles. The van der Waals surface area contributed by atoms with Gasteiger partial charge in [0.25, 0.3) is 5.91 Å². The number of amides is 2. The lowest BCUT2D eigenvalue weighted by molar-refractivity contribution is -0.120. The second-order valence-electron chi connectivity index (χ2n) is 4.69. The third-order valence-electron chi connectivity index (χ3n) is 2.98. The molecule has 1 aromatic rings. The molecule has 0 spiro atoms. The van der Waals surface area contributed by atoms with Crippen LogP contribution in [0.1, 0.15) is 42.7 Å². The number of carbonyl (C=O) groups is 2. The average Bonchev–Trinajstić information content (AvgIpc) is 2.52. The van der Waals surface area contributed by atoms with Crippen molar-refractivity contribution in [1.29, 1.82) is 0 Å². The lowest BCUT2D eigenvalue weighted by Gasteiger charge is -2.10. The molecule has 6 nitrogen and oxygen atoms in total. The van der Waals surface area contributed by atoms with Gasteiger partial charge in [0.05, 0.1) is 0 Å². The van der Waals surface area contributed by atoms with E-state index in [0.717, 1.165) is 25.1 Å². The molecule has 1 rings (SSSR count). The molecule has 0 fully saturated rings. The largest absolute Gasteiger partial charge is 0.370 e. The lowest BCUT2D eigenvalue weighted by Crippen LogP contribution is -2.29. The maximum Gasteiger partial charge on any atom is 0.251 e. The van der Waals surface area contributed by atoms with Gasteiger partial charge in [0.1, 0.15) is 5.82 Å². The first-order chi connectivity index (χ1) is 10.1. The van der Waals surface area contributed by atoms with Gasteiger partial charge in [-0.05, 0) is 25.0 Å². The summed E-state index contributed by atoms with van der Waals surface area (Å²) in [6.07, 6.45) is 2.03. The fourth-order valence-electron chi connectivity index (χ4n) is 1.76. The van der Waals surface area contributed by atoms with Crippen LogP contribution < -0.4 is 16.0 Å². The number of nitrogens with one attached hydrogen (secondary N) is 3. The molecule has 0 unspecified atom stereocenters. The van der Waals surface area contributed by atoms with Crippen LogP contribution in [0, 0.1) is 0 Å². The molecule has 0 aliphatic rings. The second-order valence-corrected chi connectivity index (χ2v) is 4.69. The Morgan fingerprint density at radius 3 is 2.57 bits per heavy atom. The smallest absolute Gasteiger partial charge is 0.251 e. The Kier molecular flexibility index (Phi) is 7.21. The van der Waals surface area contributed by atoms with Crippen molar-refractivity contribution in [3.05, 3.63) is 23.4 Å². The molecular formula is C15H24N4O2. The van der Waals surface area contributed by atoms with E-state index in [1.807, 2.05) is 6.92 Å². The first-order valence-electron chi connectivity index (χ1n) is 7.34. The van der Waals surface area contributed by atoms with Gasteiger partial charge in [0.15, 0.2) is 0 Å². The summed E-state index contributed by atoms with van der Waals surface area (Å²) in [5.41, 5.74) is 1.44. The molecule has 116 valence electrons. The van der Waals surface area contributed by atoms with Crippen molar-refractivity contribution in [1.82, 2.24) is 15.6 Å². The van der Waals surface area contributed by atoms with Crippen LogP contribution >= 0.6 is 0 Å². The monoisotopic (exact) mass is 292 g/mol. The maximum absolute atomic E-state index is 12.1. The van der Waals surface area contributed by atoms with Gasteiger partial charge in [-0.1, -0.05) is 13.8 Å². The molecule has 0 saturated carbocycles. The average molecular weight is 292 g/mol. The molecule has 0 saturated heterocycles. The third kappa shape index (κ3) is 5.81. The highest BCUT2D eigenvalue weighted by Crippen LogP contribution is 2.11. The zero-order chi connectivity index (χ0) is 15.7. The van der Waals surface area contributed by atoms with Crippen LogP contribution in [0.25, 0.3) is 0 Å². The van der Waals surface area contributed by atoms with Crippen LogP contribution in [0.15, 0.2) is 12.1 Å². The summed E-state index contributed by atoms with van der Waals surface area (Å²) in [6.45, 7) is 5.21. The van der Waals surface area contributed by atoms with E-state index >= 15 is 0 Å². The maximum atomic E-state index is 12.1. The zero-order valence-corrected chi connectivity index (χ0v) is 13.0. The number of pyridine rings is 1. The molecule has 1 aromatic heterocycles. The molecule has 6 heteroatoms. The molecule has 3 N–H and O–H groups in total. The van der Waals surface area contributed by atoms with E-state index in [1.165, 1.54) is 0 Å². The van der Waals surface area contributed by atoms with Crippen molar-refractivity contribution in [2.45, 2.75) is 33.1 Å². The number of nitrogens with zero attached hydrogens (tertiary/aromatic N) is 1. The van der Waals surface area contributed by atoms with E-state index in [4.69, 9.17) is 0 Å². The second kappa shape index (κ2) is 8.94. The minimum Gasteiger partial charge on any atom is -0.370 e. The van der Waals surface area contributed by atoms with Crippen LogP contribution in [0.5, 0.6) is 0 Å². The number of anilines is 1. The lowest BCUT2D eigenvalue weighted by atomic mass is 10.1. The van der Waals surface area contributed by atoms with E-state index in [0.29, 0.717) is 17.9 Å². The summed E-state index contributed by atoms with van der Waals surface area (Å²) in [4.78, 5) is 27.7. The Morgan fingerprint density at radius 1 is 1.19 bits per heavy atom. The minimum absolute atomic E-state index is 0.0930. The highest BCUT2D eigenvalue weighted by atomic mass is 16.2. The van der Waals surface area contributed by atoms with Crippen molar-refractivity contribution in [2.24, 2.45) is 0 Å². The number of hydrogen-bond acceptors (Lipinski definition) is 4. The standard InChI is InChI=1S/C15H24N4O2/c1-4-7-17-13-10-11(9-12(5-2)19-13)15(21)18-8-6-14(20)16-3/h9-10H,4-8H2,1-3H3,(H,16,20)(H,17,19)(H,18,21). The van der Waals surface area contributed by atoms with Gasteiger partial charge in [-0.25, -0.2) is 4.98 Å². The number of rotatable bonds is 8. The fourth-order valence-corrected chi connectivity index (χ4v) is 1.76. The summed E-state index contributed by atoms with van der Waals surface area (Å²) < 4.78 is 0. The number of carbonyl (C=O) groups excluding carboxylic acids is 2. The molecule has 0 aromatic carbocycles. The Labute approximate surface area is 125 Å². The van der Waals surface area contributed by atoms with Gasteiger partial charge >= 0.3 is 0 Å². The molecule has 2 amide bonds. The topological polar surface area (TPSA) is 83.1 Å². The predicted molar refractivity (Wildman–Crippen MR) is 83.4 cm³/mol. The third-order valence-corrected chi connectivity index (χ3v) is 2.98. The molecule has 0 aliphatic heterocycles. The Bertz CT molecular complexity index is 489. The molecule has 1 heterocycles.